The summed E-state index contributed by atoms with van der Waals surface area (Å²) in [5.74, 6) is 0.167. The van der Waals surface area contributed by atoms with Crippen molar-refractivity contribution in [2.75, 3.05) is 6.61 Å². The van der Waals surface area contributed by atoms with E-state index in [1.807, 2.05) is 13.8 Å². The van der Waals surface area contributed by atoms with Crippen molar-refractivity contribution in [2.45, 2.75) is 52.0 Å². The summed E-state index contributed by atoms with van der Waals surface area (Å²) in [5, 5.41) is 0. The Morgan fingerprint density at radius 2 is 2.18 bits per heavy atom. The normalized spacial score (nSPS) is 12.6. The standard InChI is InChI=1S/C14H23NO2/c1-6-13(16)17-11-9-12(2)8-7-10-14(3,4)15-5/h6,12H,1,7-11H2,2-4H3. The van der Waals surface area contributed by atoms with Crippen molar-refractivity contribution in [2.24, 2.45) is 5.92 Å². The Morgan fingerprint density at radius 1 is 1.53 bits per heavy atom. The van der Waals surface area contributed by atoms with Crippen LogP contribution < -0.4 is 0 Å². The van der Waals surface area contributed by atoms with Gasteiger partial charge in [-0.25, -0.2) is 11.4 Å². The predicted octanol–water partition coefficient (Wildman–Crippen LogP) is 3.61. The van der Waals surface area contributed by atoms with Crippen LogP contribution in [0.4, 0.5) is 0 Å². The second-order valence-electron chi connectivity index (χ2n) is 5.08. The Balaban J connectivity index is 3.61. The Bertz CT molecular complexity index is 289. The average Bonchev–Trinajstić information content (AvgIpc) is 2.28. The first kappa shape index (κ1) is 15.7. The van der Waals surface area contributed by atoms with Gasteiger partial charge >= 0.3 is 5.97 Å². The summed E-state index contributed by atoms with van der Waals surface area (Å²) in [4.78, 5) is 14.4. The average molecular weight is 237 g/mol. The Kier molecular flexibility index (Phi) is 7.29. The molecular weight excluding hydrogens is 214 g/mol. The van der Waals surface area contributed by atoms with E-state index in [2.05, 4.69) is 18.3 Å². The first-order valence-electron chi connectivity index (χ1n) is 6.09. The maximum Gasteiger partial charge on any atom is 0.330 e. The van der Waals surface area contributed by atoms with Crippen molar-refractivity contribution < 1.29 is 9.53 Å². The molecule has 0 spiro atoms. The van der Waals surface area contributed by atoms with Gasteiger partial charge in [0.05, 0.1) is 6.61 Å². The summed E-state index contributed by atoms with van der Waals surface area (Å²) in [6.45, 7) is 16.9. The Hall–Kier alpha value is -1.30. The highest BCUT2D eigenvalue weighted by Gasteiger charge is 2.21. The highest BCUT2D eigenvalue weighted by Crippen LogP contribution is 2.20. The Morgan fingerprint density at radius 3 is 2.71 bits per heavy atom. The van der Waals surface area contributed by atoms with Crippen LogP contribution in [0.15, 0.2) is 12.7 Å². The van der Waals surface area contributed by atoms with Crippen molar-refractivity contribution in [1.29, 1.82) is 0 Å². The van der Waals surface area contributed by atoms with Gasteiger partial charge in [-0.3, -0.25) is 0 Å². The monoisotopic (exact) mass is 237 g/mol. The van der Waals surface area contributed by atoms with Gasteiger partial charge in [0.2, 0.25) is 5.54 Å². The minimum atomic E-state index is -0.355. The van der Waals surface area contributed by atoms with Crippen molar-refractivity contribution in [1.82, 2.24) is 0 Å². The molecule has 0 rings (SSSR count). The molecule has 0 aromatic heterocycles. The minimum absolute atomic E-state index is 0.241. The molecule has 0 bridgehead atoms. The molecule has 3 heteroatoms. The van der Waals surface area contributed by atoms with E-state index in [9.17, 15) is 4.79 Å². The molecule has 1 atom stereocenters. The van der Waals surface area contributed by atoms with Crippen LogP contribution in [0.2, 0.25) is 0 Å². The van der Waals surface area contributed by atoms with Gasteiger partial charge in [-0.1, -0.05) is 19.9 Å². The molecule has 0 aromatic carbocycles. The lowest BCUT2D eigenvalue weighted by molar-refractivity contribution is -0.138. The molecule has 0 amide bonds. The van der Waals surface area contributed by atoms with Crippen LogP contribution in [-0.4, -0.2) is 18.1 Å². The molecule has 0 heterocycles. The van der Waals surface area contributed by atoms with E-state index in [-0.39, 0.29) is 11.5 Å². The van der Waals surface area contributed by atoms with E-state index < -0.39 is 0 Å². The van der Waals surface area contributed by atoms with Crippen molar-refractivity contribution in [3.8, 4) is 0 Å². The highest BCUT2D eigenvalue weighted by molar-refractivity contribution is 5.81. The predicted molar refractivity (Wildman–Crippen MR) is 69.5 cm³/mol. The number of hydrogen-bond donors (Lipinski definition) is 0. The van der Waals surface area contributed by atoms with Gasteiger partial charge in [-0.2, -0.15) is 0 Å². The molecular formula is C14H23NO2. The zero-order valence-corrected chi connectivity index (χ0v) is 11.2. The van der Waals surface area contributed by atoms with E-state index in [4.69, 9.17) is 11.3 Å². The lowest BCUT2D eigenvalue weighted by Gasteiger charge is -2.14. The van der Waals surface area contributed by atoms with Crippen molar-refractivity contribution in [3.63, 3.8) is 0 Å². The van der Waals surface area contributed by atoms with E-state index in [0.717, 1.165) is 25.7 Å². The molecule has 0 fully saturated rings. The fourth-order valence-electron chi connectivity index (χ4n) is 1.50. The third-order valence-electron chi connectivity index (χ3n) is 2.81. The maximum atomic E-state index is 10.8. The summed E-state index contributed by atoms with van der Waals surface area (Å²) >= 11 is 0. The molecule has 0 saturated carbocycles. The molecule has 0 aliphatic rings. The number of hydrogen-bond acceptors (Lipinski definition) is 2. The molecule has 0 N–H and O–H groups in total. The summed E-state index contributed by atoms with van der Waals surface area (Å²) < 4.78 is 4.92. The van der Waals surface area contributed by atoms with Crippen molar-refractivity contribution >= 4 is 5.97 Å². The third-order valence-corrected chi connectivity index (χ3v) is 2.81. The molecule has 0 aromatic rings. The quantitative estimate of drug-likeness (QED) is 0.367. The second-order valence-corrected chi connectivity index (χ2v) is 5.08. The first-order valence-corrected chi connectivity index (χ1v) is 6.09. The summed E-state index contributed by atoms with van der Waals surface area (Å²) in [5.41, 5.74) is -0.241. The minimum Gasteiger partial charge on any atom is -0.463 e. The number of nitrogens with zero attached hydrogens (tertiary/aromatic N) is 1. The fraction of sp³-hybridized carbons (Fsp3) is 0.714. The lowest BCUT2D eigenvalue weighted by atomic mass is 9.94. The zero-order chi connectivity index (χ0) is 13.3. The molecule has 96 valence electrons. The topological polar surface area (TPSA) is 30.7 Å². The van der Waals surface area contributed by atoms with E-state index in [0.29, 0.717) is 12.5 Å². The number of ether oxygens (including phenoxy) is 1. The van der Waals surface area contributed by atoms with Crippen LogP contribution >= 0.6 is 0 Å². The van der Waals surface area contributed by atoms with E-state index in [1.165, 1.54) is 6.08 Å². The largest absolute Gasteiger partial charge is 0.463 e. The first-order chi connectivity index (χ1) is 7.91. The van der Waals surface area contributed by atoms with E-state index in [1.54, 1.807) is 0 Å². The molecule has 1 unspecified atom stereocenters. The number of carbonyl (C=O) groups is 1. The SMILES string of the molecule is [C-]#[N+]C(C)(C)CCCC(C)CCOC(=O)C=C. The van der Waals surface area contributed by atoms with Gasteiger partial charge in [0, 0.05) is 26.3 Å². The Labute approximate surface area is 105 Å². The van der Waals surface area contributed by atoms with Gasteiger partial charge in [0.15, 0.2) is 0 Å². The maximum absolute atomic E-state index is 10.8. The summed E-state index contributed by atoms with van der Waals surface area (Å²) in [6, 6.07) is 0. The van der Waals surface area contributed by atoms with Crippen LogP contribution in [0.25, 0.3) is 4.85 Å². The van der Waals surface area contributed by atoms with Gasteiger partial charge < -0.3 is 9.58 Å². The molecule has 3 nitrogen and oxygen atoms in total. The number of carbonyl (C=O) groups excluding carboxylic acids is 1. The second kappa shape index (κ2) is 7.89. The van der Waals surface area contributed by atoms with E-state index >= 15 is 0 Å². The van der Waals surface area contributed by atoms with Crippen LogP contribution in [0.5, 0.6) is 0 Å². The molecule has 0 radical (unpaired) electrons. The molecule has 0 saturated heterocycles. The third kappa shape index (κ3) is 8.50. The van der Waals surface area contributed by atoms with Crippen LogP contribution in [0, 0.1) is 12.5 Å². The molecule has 0 aliphatic heterocycles. The van der Waals surface area contributed by atoms with Gasteiger partial charge in [0.1, 0.15) is 0 Å². The highest BCUT2D eigenvalue weighted by atomic mass is 16.5. The fourth-order valence-corrected chi connectivity index (χ4v) is 1.50. The number of esters is 1. The van der Waals surface area contributed by atoms with Crippen molar-refractivity contribution in [3.05, 3.63) is 24.1 Å². The van der Waals surface area contributed by atoms with Gasteiger partial charge in [-0.05, 0) is 18.8 Å². The number of rotatable bonds is 8. The summed E-state index contributed by atoms with van der Waals surface area (Å²) in [7, 11) is 0. The molecule has 0 aliphatic carbocycles. The van der Waals surface area contributed by atoms with Crippen LogP contribution in [0.1, 0.15) is 46.5 Å². The van der Waals surface area contributed by atoms with Crippen LogP contribution in [-0.2, 0) is 9.53 Å². The van der Waals surface area contributed by atoms with Gasteiger partial charge in [-0.15, -0.1) is 0 Å². The lowest BCUT2D eigenvalue weighted by Crippen LogP contribution is -2.14. The smallest absolute Gasteiger partial charge is 0.330 e. The summed E-state index contributed by atoms with van der Waals surface area (Å²) in [6.07, 6.45) is 5.10. The van der Waals surface area contributed by atoms with Gasteiger partial charge in [0.25, 0.3) is 0 Å². The zero-order valence-electron chi connectivity index (χ0n) is 11.2. The molecule has 17 heavy (non-hydrogen) atoms. The van der Waals surface area contributed by atoms with Crippen LogP contribution in [0.3, 0.4) is 0 Å².